The van der Waals surface area contributed by atoms with E-state index in [9.17, 15) is 9.50 Å². The molecular weight excluding hydrogens is 269 g/mol. The maximum atomic E-state index is 13.4. The van der Waals surface area contributed by atoms with Crippen LogP contribution in [0.1, 0.15) is 11.1 Å². The first-order valence-corrected chi connectivity index (χ1v) is 5.79. The molecule has 0 unspecified atom stereocenters. The zero-order valence-corrected chi connectivity index (χ0v) is 10.5. The second-order valence-electron chi connectivity index (χ2n) is 3.74. The summed E-state index contributed by atoms with van der Waals surface area (Å²) in [5.74, 6) is -0.229. The van der Waals surface area contributed by atoms with Gasteiger partial charge in [0.25, 0.3) is 0 Å². The molecule has 0 atom stereocenters. The maximum absolute atomic E-state index is 13.4. The van der Waals surface area contributed by atoms with Crippen molar-refractivity contribution in [2.45, 2.75) is 6.61 Å². The number of aliphatic hydroxyl groups is 1. The van der Waals surface area contributed by atoms with Gasteiger partial charge in [-0.2, -0.15) is 5.26 Å². The molecule has 0 saturated heterocycles. The van der Waals surface area contributed by atoms with Gasteiger partial charge in [-0.15, -0.1) is 0 Å². The lowest BCUT2D eigenvalue weighted by Gasteiger charge is -2.11. The van der Waals surface area contributed by atoms with Crippen molar-refractivity contribution in [2.75, 3.05) is 0 Å². The topological polar surface area (TPSA) is 53.2 Å². The van der Waals surface area contributed by atoms with Crippen molar-refractivity contribution in [3.63, 3.8) is 0 Å². The van der Waals surface area contributed by atoms with E-state index in [1.54, 1.807) is 24.3 Å². The molecule has 2 aromatic rings. The molecule has 0 spiro atoms. The number of ether oxygens (including phenoxy) is 1. The summed E-state index contributed by atoms with van der Waals surface area (Å²) in [5.41, 5.74) is 0.280. The Morgan fingerprint density at radius 1 is 1.26 bits per heavy atom. The van der Waals surface area contributed by atoms with Gasteiger partial charge in [0.1, 0.15) is 28.9 Å². The van der Waals surface area contributed by atoms with Gasteiger partial charge in [0.15, 0.2) is 0 Å². The summed E-state index contributed by atoms with van der Waals surface area (Å²) in [6.45, 7) is -0.271. The summed E-state index contributed by atoms with van der Waals surface area (Å²) in [7, 11) is 0. The number of hydrogen-bond acceptors (Lipinski definition) is 3. The number of nitriles is 1. The van der Waals surface area contributed by atoms with E-state index < -0.39 is 5.82 Å². The fourth-order valence-corrected chi connectivity index (χ4v) is 1.78. The number of rotatable bonds is 3. The van der Waals surface area contributed by atoms with E-state index in [0.29, 0.717) is 16.3 Å². The predicted molar refractivity (Wildman–Crippen MR) is 68.6 cm³/mol. The first-order valence-electron chi connectivity index (χ1n) is 5.41. The first kappa shape index (κ1) is 13.3. The lowest BCUT2D eigenvalue weighted by molar-refractivity contribution is 0.276. The molecule has 0 heterocycles. The molecule has 1 N–H and O–H groups in total. The van der Waals surface area contributed by atoms with Gasteiger partial charge in [-0.05, 0) is 30.3 Å². The smallest absolute Gasteiger partial charge is 0.148 e. The summed E-state index contributed by atoms with van der Waals surface area (Å²) in [6, 6.07) is 10.5. The van der Waals surface area contributed by atoms with Crippen molar-refractivity contribution in [3.8, 4) is 17.6 Å². The van der Waals surface area contributed by atoms with E-state index in [2.05, 4.69) is 0 Å². The molecule has 2 rings (SSSR count). The van der Waals surface area contributed by atoms with Crippen LogP contribution in [0.25, 0.3) is 0 Å². The largest absolute Gasteiger partial charge is 0.455 e. The van der Waals surface area contributed by atoms with E-state index in [0.717, 1.165) is 0 Å². The van der Waals surface area contributed by atoms with Crippen LogP contribution in [-0.2, 0) is 6.61 Å². The summed E-state index contributed by atoms with van der Waals surface area (Å²) < 4.78 is 18.9. The standard InChI is InChI=1S/C14H9ClFNO2/c15-10-4-5-13(9(6-10)8-18)19-14-3-1-2-12(16)11(14)7-17/h1-6,18H,8H2. The van der Waals surface area contributed by atoms with Gasteiger partial charge in [0.05, 0.1) is 6.61 Å². The lowest BCUT2D eigenvalue weighted by Crippen LogP contribution is -1.95. The predicted octanol–water partition coefficient (Wildman–Crippen LogP) is 3.64. The minimum Gasteiger partial charge on any atom is -0.455 e. The highest BCUT2D eigenvalue weighted by Gasteiger charge is 2.12. The number of benzene rings is 2. The van der Waals surface area contributed by atoms with Crippen LogP contribution in [-0.4, -0.2) is 5.11 Å². The SMILES string of the molecule is N#Cc1c(F)cccc1Oc1ccc(Cl)cc1CO. The minimum absolute atomic E-state index is 0.0968. The number of nitrogens with zero attached hydrogens (tertiary/aromatic N) is 1. The highest BCUT2D eigenvalue weighted by Crippen LogP contribution is 2.30. The van der Waals surface area contributed by atoms with Crippen LogP contribution in [0.4, 0.5) is 4.39 Å². The van der Waals surface area contributed by atoms with Crippen LogP contribution in [0.2, 0.25) is 5.02 Å². The van der Waals surface area contributed by atoms with Gasteiger partial charge in [-0.1, -0.05) is 17.7 Å². The fraction of sp³-hybridized carbons (Fsp3) is 0.0714. The molecular formula is C14H9ClFNO2. The number of aliphatic hydroxyl groups excluding tert-OH is 1. The molecule has 0 aliphatic carbocycles. The van der Waals surface area contributed by atoms with Gasteiger partial charge < -0.3 is 9.84 Å². The summed E-state index contributed by atoms with van der Waals surface area (Å²) in [6.07, 6.45) is 0. The second-order valence-corrected chi connectivity index (χ2v) is 4.17. The molecule has 5 heteroatoms. The Morgan fingerprint density at radius 2 is 2.05 bits per heavy atom. The van der Waals surface area contributed by atoms with Crippen molar-refractivity contribution in [3.05, 3.63) is 58.4 Å². The second kappa shape index (κ2) is 5.70. The summed E-state index contributed by atoms with van der Waals surface area (Å²) in [5, 5.41) is 18.6. The van der Waals surface area contributed by atoms with E-state index >= 15 is 0 Å². The van der Waals surface area contributed by atoms with Gasteiger partial charge >= 0.3 is 0 Å². The van der Waals surface area contributed by atoms with Crippen LogP contribution in [0.3, 0.4) is 0 Å². The van der Waals surface area contributed by atoms with Crippen molar-refractivity contribution < 1.29 is 14.2 Å². The van der Waals surface area contributed by atoms with Crippen LogP contribution in [0, 0.1) is 17.1 Å². The molecule has 0 aliphatic heterocycles. The molecule has 19 heavy (non-hydrogen) atoms. The van der Waals surface area contributed by atoms with Crippen molar-refractivity contribution in [1.29, 1.82) is 5.26 Å². The zero-order chi connectivity index (χ0) is 13.8. The van der Waals surface area contributed by atoms with Crippen LogP contribution >= 0.6 is 11.6 Å². The summed E-state index contributed by atoms with van der Waals surface area (Å²) >= 11 is 5.80. The Morgan fingerprint density at radius 3 is 2.74 bits per heavy atom. The molecule has 3 nitrogen and oxygen atoms in total. The highest BCUT2D eigenvalue weighted by atomic mass is 35.5. The highest BCUT2D eigenvalue weighted by molar-refractivity contribution is 6.30. The maximum Gasteiger partial charge on any atom is 0.148 e. The molecule has 0 aliphatic rings. The van der Waals surface area contributed by atoms with E-state index in [-0.39, 0.29) is 17.9 Å². The third kappa shape index (κ3) is 2.84. The molecule has 0 bridgehead atoms. The molecule has 0 amide bonds. The quantitative estimate of drug-likeness (QED) is 0.932. The molecule has 96 valence electrons. The number of halogens is 2. The van der Waals surface area contributed by atoms with Gasteiger partial charge in [-0.3, -0.25) is 0 Å². The van der Waals surface area contributed by atoms with Crippen LogP contribution < -0.4 is 4.74 Å². The van der Waals surface area contributed by atoms with Crippen molar-refractivity contribution in [1.82, 2.24) is 0 Å². The van der Waals surface area contributed by atoms with E-state index in [1.165, 1.54) is 18.2 Å². The van der Waals surface area contributed by atoms with Gasteiger partial charge in [0, 0.05) is 10.6 Å². The molecule has 0 radical (unpaired) electrons. The van der Waals surface area contributed by atoms with Crippen LogP contribution in [0.15, 0.2) is 36.4 Å². The average molecular weight is 278 g/mol. The normalized spacial score (nSPS) is 10.0. The zero-order valence-electron chi connectivity index (χ0n) is 9.73. The lowest BCUT2D eigenvalue weighted by atomic mass is 10.2. The summed E-state index contributed by atoms with van der Waals surface area (Å²) in [4.78, 5) is 0. The molecule has 0 aromatic heterocycles. The Kier molecular flexibility index (Phi) is 4.00. The van der Waals surface area contributed by atoms with Crippen molar-refractivity contribution in [2.24, 2.45) is 0 Å². The Labute approximate surface area is 114 Å². The third-order valence-corrected chi connectivity index (χ3v) is 2.74. The van der Waals surface area contributed by atoms with E-state index in [4.69, 9.17) is 21.6 Å². The third-order valence-electron chi connectivity index (χ3n) is 2.50. The Hall–Kier alpha value is -2.09. The number of hydrogen-bond donors (Lipinski definition) is 1. The Balaban J connectivity index is 2.42. The molecule has 2 aromatic carbocycles. The van der Waals surface area contributed by atoms with Crippen molar-refractivity contribution >= 4 is 11.6 Å². The average Bonchev–Trinajstić information content (AvgIpc) is 2.41. The van der Waals surface area contributed by atoms with Gasteiger partial charge in [0.2, 0.25) is 0 Å². The first-order chi connectivity index (χ1) is 9.15. The minimum atomic E-state index is -0.653. The van der Waals surface area contributed by atoms with E-state index in [1.807, 2.05) is 0 Å². The fourth-order valence-electron chi connectivity index (χ4n) is 1.59. The molecule has 0 fully saturated rings. The molecule has 0 saturated carbocycles. The van der Waals surface area contributed by atoms with Gasteiger partial charge in [-0.25, -0.2) is 4.39 Å². The Bertz CT molecular complexity index is 652. The monoisotopic (exact) mass is 277 g/mol. The van der Waals surface area contributed by atoms with Crippen LogP contribution in [0.5, 0.6) is 11.5 Å².